The number of nitro groups is 1. The van der Waals surface area contributed by atoms with E-state index < -0.39 is 23.1 Å². The maximum Gasteiger partial charge on any atom is 0.269 e. The highest BCUT2D eigenvalue weighted by molar-refractivity contribution is 14.1. The van der Waals surface area contributed by atoms with Gasteiger partial charge in [0.2, 0.25) is 2.21 Å². The molecule has 9 heteroatoms. The molecule has 0 aliphatic carbocycles. The predicted molar refractivity (Wildman–Crippen MR) is 80.1 cm³/mol. The lowest BCUT2D eigenvalue weighted by Crippen LogP contribution is -2.34. The van der Waals surface area contributed by atoms with Crippen LogP contribution in [0.2, 0.25) is 0 Å². The van der Waals surface area contributed by atoms with Gasteiger partial charge in [0.05, 0.1) is 10.7 Å². The Hall–Kier alpha value is -0.450. The molecule has 1 aromatic rings. The van der Waals surface area contributed by atoms with Gasteiger partial charge in [-0.1, -0.05) is 30.7 Å². The van der Waals surface area contributed by atoms with E-state index in [-0.39, 0.29) is 17.0 Å². The van der Waals surface area contributed by atoms with E-state index in [1.165, 1.54) is 47.7 Å². The van der Waals surface area contributed by atoms with Crippen molar-refractivity contribution in [3.63, 3.8) is 0 Å². The molecule has 0 unspecified atom stereocenters. The number of aliphatic hydroxyl groups excluding tert-OH is 1. The van der Waals surface area contributed by atoms with Crippen molar-refractivity contribution < 1.29 is 18.4 Å². The summed E-state index contributed by atoms with van der Waals surface area (Å²) in [6.45, 7) is 1.41. The average Bonchev–Trinajstić information content (AvgIpc) is 2.37. The van der Waals surface area contributed by atoms with Crippen LogP contribution in [0.3, 0.4) is 0 Å². The first kappa shape index (κ1) is 16.6. The second-order valence-corrected chi connectivity index (χ2v) is 10.1. The van der Waals surface area contributed by atoms with Gasteiger partial charge in [-0.25, -0.2) is 8.42 Å². The number of non-ortho nitro benzene ring substituents is 1. The van der Waals surface area contributed by atoms with Crippen LogP contribution in [0.5, 0.6) is 0 Å². The fraction of sp³-hybridized carbons (Fsp3) is 0.400. The van der Waals surface area contributed by atoms with Crippen LogP contribution in [-0.4, -0.2) is 26.4 Å². The van der Waals surface area contributed by atoms with E-state index in [0.29, 0.717) is 0 Å². The summed E-state index contributed by atoms with van der Waals surface area (Å²) >= 11 is 7.36. The highest BCUT2D eigenvalue weighted by Crippen LogP contribution is 2.43. The Morgan fingerprint density at radius 2 is 2.16 bits per heavy atom. The Balaban J connectivity index is 3.24. The minimum Gasteiger partial charge on any atom is -0.385 e. The van der Waals surface area contributed by atoms with Crippen molar-refractivity contribution in [2.45, 2.75) is 15.2 Å². The quantitative estimate of drug-likeness (QED) is 0.342. The van der Waals surface area contributed by atoms with Gasteiger partial charge in [0.25, 0.3) is 5.69 Å². The molecule has 1 rings (SSSR count). The van der Waals surface area contributed by atoms with Crippen LogP contribution in [0.25, 0.3) is 0 Å². The molecule has 1 aromatic carbocycles. The Morgan fingerprint density at radius 1 is 1.58 bits per heavy atom. The van der Waals surface area contributed by atoms with Gasteiger partial charge in [-0.3, -0.25) is 10.1 Å². The highest BCUT2D eigenvalue weighted by atomic mass is 127. The van der Waals surface area contributed by atoms with Crippen LogP contribution in [0.1, 0.15) is 18.6 Å². The van der Waals surface area contributed by atoms with Gasteiger partial charge < -0.3 is 5.11 Å². The number of aliphatic hydroxyl groups is 1. The number of hydrogen-bond acceptors (Lipinski definition) is 5. The summed E-state index contributed by atoms with van der Waals surface area (Å²) in [6, 6.07) is 5.09. The van der Waals surface area contributed by atoms with Crippen molar-refractivity contribution >= 4 is 49.7 Å². The van der Waals surface area contributed by atoms with E-state index >= 15 is 0 Å². The van der Waals surface area contributed by atoms with Gasteiger partial charge in [0, 0.05) is 12.1 Å². The Kier molecular flexibility index (Phi) is 5.15. The van der Waals surface area contributed by atoms with Gasteiger partial charge in [-0.15, -0.1) is 0 Å². The fourth-order valence-corrected chi connectivity index (χ4v) is 3.97. The SMILES string of the molecule is CCS(=O)(=O)[C@](Cl)(I)[C@H](O)c1cccc([N+](=O)[O-])c1. The third-order valence-corrected chi connectivity index (χ3v) is 7.84. The number of alkyl halides is 2. The summed E-state index contributed by atoms with van der Waals surface area (Å²) < 4.78 is 21.7. The number of sulfone groups is 1. The largest absolute Gasteiger partial charge is 0.385 e. The summed E-state index contributed by atoms with van der Waals surface area (Å²) in [7, 11) is -3.75. The van der Waals surface area contributed by atoms with Crippen LogP contribution >= 0.6 is 34.2 Å². The van der Waals surface area contributed by atoms with Crippen LogP contribution in [0, 0.1) is 10.1 Å². The summed E-state index contributed by atoms with van der Waals surface area (Å²) in [5, 5.41) is 20.7. The van der Waals surface area contributed by atoms with Crippen molar-refractivity contribution in [3.8, 4) is 0 Å². The second kappa shape index (κ2) is 5.90. The smallest absolute Gasteiger partial charge is 0.269 e. The minimum absolute atomic E-state index is 0.0793. The monoisotopic (exact) mass is 419 g/mol. The summed E-state index contributed by atoms with van der Waals surface area (Å²) in [5.41, 5.74) is -0.162. The molecule has 19 heavy (non-hydrogen) atoms. The van der Waals surface area contributed by atoms with Crippen LogP contribution in [0.4, 0.5) is 5.69 Å². The molecule has 2 atom stereocenters. The topological polar surface area (TPSA) is 97.5 Å². The first-order valence-electron chi connectivity index (χ1n) is 5.16. The first-order chi connectivity index (χ1) is 8.63. The molecule has 0 bridgehead atoms. The Morgan fingerprint density at radius 3 is 2.63 bits per heavy atom. The van der Waals surface area contributed by atoms with E-state index in [0.717, 1.165) is 6.07 Å². The van der Waals surface area contributed by atoms with Crippen molar-refractivity contribution in [1.82, 2.24) is 0 Å². The molecule has 0 amide bonds. The zero-order valence-electron chi connectivity index (χ0n) is 9.79. The van der Waals surface area contributed by atoms with Gasteiger partial charge in [-0.05, 0) is 28.2 Å². The van der Waals surface area contributed by atoms with Crippen molar-refractivity contribution in [2.24, 2.45) is 0 Å². The summed E-state index contributed by atoms with van der Waals surface area (Å²) in [4.78, 5) is 10.0. The molecule has 6 nitrogen and oxygen atoms in total. The zero-order chi connectivity index (χ0) is 14.8. The molecular formula is C10H11ClINO5S. The number of rotatable bonds is 5. The lowest BCUT2D eigenvalue weighted by atomic mass is 10.1. The van der Waals surface area contributed by atoms with Crippen molar-refractivity contribution in [3.05, 3.63) is 39.9 Å². The molecule has 0 spiro atoms. The highest BCUT2D eigenvalue weighted by Gasteiger charge is 2.45. The third-order valence-electron chi connectivity index (χ3n) is 2.51. The van der Waals surface area contributed by atoms with E-state index in [9.17, 15) is 23.6 Å². The lowest BCUT2D eigenvalue weighted by molar-refractivity contribution is -0.385. The lowest BCUT2D eigenvalue weighted by Gasteiger charge is -2.25. The number of halogens is 2. The predicted octanol–water partition coefficient (Wildman–Crippen LogP) is 2.39. The Bertz CT molecular complexity index is 589. The maximum absolute atomic E-state index is 11.8. The van der Waals surface area contributed by atoms with E-state index in [1.54, 1.807) is 0 Å². The molecule has 0 aliphatic heterocycles. The van der Waals surface area contributed by atoms with E-state index in [2.05, 4.69) is 0 Å². The standard InChI is InChI=1S/C10H11ClINO5S/c1-2-19(17,18)10(11,12)9(14)7-4-3-5-8(6-7)13(15)16/h3-6,9,14H,2H2,1H3/t9-,10-/m1/s1. The molecule has 0 saturated heterocycles. The zero-order valence-corrected chi connectivity index (χ0v) is 13.5. The number of nitro benzene ring substituents is 1. The molecule has 0 aliphatic rings. The fourth-order valence-electron chi connectivity index (χ4n) is 1.36. The molecule has 1 N–H and O–H groups in total. The molecule has 106 valence electrons. The van der Waals surface area contributed by atoms with E-state index in [1.807, 2.05) is 0 Å². The van der Waals surface area contributed by atoms with E-state index in [4.69, 9.17) is 11.6 Å². The van der Waals surface area contributed by atoms with Gasteiger partial charge in [0.1, 0.15) is 6.10 Å². The Labute approximate surface area is 129 Å². The third kappa shape index (κ3) is 3.36. The van der Waals surface area contributed by atoms with Gasteiger partial charge in [0.15, 0.2) is 9.84 Å². The average molecular weight is 420 g/mol. The molecule has 0 saturated carbocycles. The normalized spacial score (nSPS) is 16.6. The number of hydrogen-bond donors (Lipinski definition) is 1. The number of benzene rings is 1. The first-order valence-corrected chi connectivity index (χ1v) is 8.27. The van der Waals surface area contributed by atoms with Crippen molar-refractivity contribution in [2.75, 3.05) is 5.75 Å². The minimum atomic E-state index is -3.75. The van der Waals surface area contributed by atoms with Crippen LogP contribution in [0.15, 0.2) is 24.3 Å². The summed E-state index contributed by atoms with van der Waals surface area (Å²) in [5.74, 6) is -0.245. The molecule has 0 heterocycles. The number of nitrogens with zero attached hydrogens (tertiary/aromatic N) is 1. The second-order valence-electron chi connectivity index (χ2n) is 3.72. The van der Waals surface area contributed by atoms with Crippen molar-refractivity contribution in [1.29, 1.82) is 0 Å². The maximum atomic E-state index is 11.8. The molecular weight excluding hydrogens is 409 g/mol. The van der Waals surface area contributed by atoms with Crippen LogP contribution < -0.4 is 0 Å². The molecule has 0 radical (unpaired) electrons. The summed E-state index contributed by atoms with van der Waals surface area (Å²) in [6.07, 6.45) is -1.57. The van der Waals surface area contributed by atoms with Gasteiger partial charge in [-0.2, -0.15) is 0 Å². The van der Waals surface area contributed by atoms with Crippen LogP contribution in [-0.2, 0) is 9.84 Å². The molecule has 0 fully saturated rings. The molecule has 0 aromatic heterocycles. The van der Waals surface area contributed by atoms with Gasteiger partial charge >= 0.3 is 0 Å².